The topological polar surface area (TPSA) is 91.2 Å². The third kappa shape index (κ3) is 2.99. The van der Waals surface area contributed by atoms with Crippen molar-refractivity contribution < 1.29 is 9.21 Å². The molecular weight excluding hydrogens is 344 g/mol. The standard InChI is InChI=1S/C20H22N4O3/c1-11-8-9-14-6-4-5-7-15(14)24(11)10-16(25)21-20-18-17(13(3)27-20)12(2)22-23-19(18)26/h4-7,11H,8-10H2,1-3H3,(H,21,25)(H,23,26). The van der Waals surface area contributed by atoms with Crippen LogP contribution in [-0.4, -0.2) is 28.7 Å². The highest BCUT2D eigenvalue weighted by Gasteiger charge is 2.26. The van der Waals surface area contributed by atoms with E-state index in [1.165, 1.54) is 5.56 Å². The molecule has 7 nitrogen and oxygen atoms in total. The van der Waals surface area contributed by atoms with Crippen molar-refractivity contribution in [1.29, 1.82) is 0 Å². The van der Waals surface area contributed by atoms with Crippen LogP contribution in [0, 0.1) is 13.8 Å². The summed E-state index contributed by atoms with van der Waals surface area (Å²) in [5, 5.41) is 10.2. The van der Waals surface area contributed by atoms with E-state index in [0.29, 0.717) is 22.2 Å². The number of amides is 1. The predicted octanol–water partition coefficient (Wildman–Crippen LogP) is 2.91. The molecule has 0 spiro atoms. The van der Waals surface area contributed by atoms with Crippen molar-refractivity contribution in [2.45, 2.75) is 39.7 Å². The van der Waals surface area contributed by atoms with E-state index in [-0.39, 0.29) is 29.9 Å². The largest absolute Gasteiger partial charge is 0.444 e. The van der Waals surface area contributed by atoms with Crippen LogP contribution in [0.5, 0.6) is 0 Å². The summed E-state index contributed by atoms with van der Waals surface area (Å²) in [5.74, 6) is 0.522. The number of fused-ring (bicyclic) bond motifs is 2. The molecule has 0 saturated carbocycles. The number of rotatable bonds is 3. The number of aromatic nitrogens is 2. The molecule has 27 heavy (non-hydrogen) atoms. The van der Waals surface area contributed by atoms with Crippen LogP contribution in [0.15, 0.2) is 33.5 Å². The summed E-state index contributed by atoms with van der Waals surface area (Å²) in [5.41, 5.74) is 2.62. The van der Waals surface area contributed by atoms with Crippen molar-refractivity contribution >= 4 is 28.3 Å². The van der Waals surface area contributed by atoms with Gasteiger partial charge in [0, 0.05) is 11.7 Å². The van der Waals surface area contributed by atoms with E-state index in [1.54, 1.807) is 13.8 Å². The molecule has 2 aromatic heterocycles. The third-order valence-corrected chi connectivity index (χ3v) is 5.23. The Bertz CT molecular complexity index is 1080. The van der Waals surface area contributed by atoms with Crippen molar-refractivity contribution in [1.82, 2.24) is 10.2 Å². The van der Waals surface area contributed by atoms with Crippen LogP contribution in [0.3, 0.4) is 0 Å². The molecule has 1 amide bonds. The fourth-order valence-electron chi connectivity index (χ4n) is 3.85. The van der Waals surface area contributed by atoms with Crippen molar-refractivity contribution in [3.63, 3.8) is 0 Å². The Balaban J connectivity index is 1.62. The number of benzene rings is 1. The van der Waals surface area contributed by atoms with Gasteiger partial charge >= 0.3 is 0 Å². The monoisotopic (exact) mass is 366 g/mol. The average Bonchev–Trinajstić information content (AvgIpc) is 2.98. The number of hydrogen-bond donors (Lipinski definition) is 2. The summed E-state index contributed by atoms with van der Waals surface area (Å²) in [4.78, 5) is 27.1. The number of para-hydroxylation sites is 1. The fraction of sp³-hybridized carbons (Fsp3) is 0.350. The lowest BCUT2D eigenvalue weighted by molar-refractivity contribution is -0.115. The molecule has 4 rings (SSSR count). The first-order chi connectivity index (χ1) is 13.0. The van der Waals surface area contributed by atoms with Gasteiger partial charge in [-0.3, -0.25) is 14.9 Å². The fourth-order valence-corrected chi connectivity index (χ4v) is 3.85. The van der Waals surface area contributed by atoms with Gasteiger partial charge in [-0.1, -0.05) is 18.2 Å². The quantitative estimate of drug-likeness (QED) is 0.744. The first-order valence-electron chi connectivity index (χ1n) is 9.08. The van der Waals surface area contributed by atoms with Crippen LogP contribution in [0.4, 0.5) is 11.6 Å². The number of H-pyrrole nitrogens is 1. The van der Waals surface area contributed by atoms with Gasteiger partial charge in [0.2, 0.25) is 11.8 Å². The molecule has 7 heteroatoms. The smallest absolute Gasteiger partial charge is 0.277 e. The molecule has 2 N–H and O–H groups in total. The number of hydrogen-bond acceptors (Lipinski definition) is 5. The Morgan fingerprint density at radius 1 is 1.33 bits per heavy atom. The van der Waals surface area contributed by atoms with Crippen LogP contribution >= 0.6 is 0 Å². The van der Waals surface area contributed by atoms with Crippen LogP contribution in [0.1, 0.15) is 30.4 Å². The lowest BCUT2D eigenvalue weighted by Gasteiger charge is -2.36. The maximum Gasteiger partial charge on any atom is 0.277 e. The number of carbonyl (C=O) groups excluding carboxylic acids is 1. The molecule has 0 saturated heterocycles. The molecule has 140 valence electrons. The van der Waals surface area contributed by atoms with Gasteiger partial charge < -0.3 is 9.32 Å². The van der Waals surface area contributed by atoms with E-state index >= 15 is 0 Å². The molecule has 0 bridgehead atoms. The van der Waals surface area contributed by atoms with E-state index in [1.807, 2.05) is 18.2 Å². The van der Waals surface area contributed by atoms with E-state index in [0.717, 1.165) is 18.5 Å². The second kappa shape index (κ2) is 6.57. The van der Waals surface area contributed by atoms with Crippen LogP contribution in [0.2, 0.25) is 0 Å². The number of aryl methyl sites for hydroxylation is 3. The Hall–Kier alpha value is -3.09. The van der Waals surface area contributed by atoms with Gasteiger partial charge in [0.1, 0.15) is 11.1 Å². The molecule has 3 aromatic rings. The minimum atomic E-state index is -0.376. The van der Waals surface area contributed by atoms with E-state index < -0.39 is 0 Å². The molecular formula is C20H22N4O3. The molecule has 1 unspecified atom stereocenters. The van der Waals surface area contributed by atoms with Gasteiger partial charge in [0.05, 0.1) is 17.6 Å². The zero-order valence-electron chi connectivity index (χ0n) is 15.6. The van der Waals surface area contributed by atoms with Crippen LogP contribution in [0.25, 0.3) is 10.8 Å². The third-order valence-electron chi connectivity index (χ3n) is 5.23. The van der Waals surface area contributed by atoms with Gasteiger partial charge in [-0.25, -0.2) is 5.10 Å². The van der Waals surface area contributed by atoms with Crippen molar-refractivity contribution in [3.05, 3.63) is 51.6 Å². The van der Waals surface area contributed by atoms with E-state index in [2.05, 4.69) is 33.4 Å². The molecule has 1 atom stereocenters. The van der Waals surface area contributed by atoms with Crippen LogP contribution in [-0.2, 0) is 11.2 Å². The molecule has 1 aromatic carbocycles. The van der Waals surface area contributed by atoms with Gasteiger partial charge in [0.25, 0.3) is 5.56 Å². The summed E-state index contributed by atoms with van der Waals surface area (Å²) in [6.45, 7) is 5.87. The number of anilines is 2. The lowest BCUT2D eigenvalue weighted by Crippen LogP contribution is -2.42. The Labute approximate surface area is 156 Å². The summed E-state index contributed by atoms with van der Waals surface area (Å²) in [6.07, 6.45) is 2.01. The molecule has 3 heterocycles. The summed E-state index contributed by atoms with van der Waals surface area (Å²) in [7, 11) is 0. The highest BCUT2D eigenvalue weighted by Crippen LogP contribution is 2.31. The minimum Gasteiger partial charge on any atom is -0.444 e. The number of aromatic amines is 1. The van der Waals surface area contributed by atoms with Crippen LogP contribution < -0.4 is 15.8 Å². The highest BCUT2D eigenvalue weighted by molar-refractivity contribution is 6.02. The first-order valence-corrected chi connectivity index (χ1v) is 9.08. The Morgan fingerprint density at radius 3 is 2.93 bits per heavy atom. The number of furan rings is 1. The number of nitrogens with one attached hydrogen (secondary N) is 2. The molecule has 1 aliphatic rings. The Kier molecular flexibility index (Phi) is 4.22. The van der Waals surface area contributed by atoms with E-state index in [4.69, 9.17) is 4.42 Å². The minimum absolute atomic E-state index is 0.178. The highest BCUT2D eigenvalue weighted by atomic mass is 16.4. The van der Waals surface area contributed by atoms with Crippen molar-refractivity contribution in [2.24, 2.45) is 0 Å². The van der Waals surface area contributed by atoms with Crippen molar-refractivity contribution in [2.75, 3.05) is 16.8 Å². The van der Waals surface area contributed by atoms with Gasteiger partial charge in [-0.15, -0.1) is 0 Å². The van der Waals surface area contributed by atoms with Gasteiger partial charge in [-0.2, -0.15) is 5.10 Å². The summed E-state index contributed by atoms with van der Waals surface area (Å²) >= 11 is 0. The summed E-state index contributed by atoms with van der Waals surface area (Å²) in [6, 6.07) is 8.42. The normalized spacial score (nSPS) is 16.4. The molecule has 0 fully saturated rings. The Morgan fingerprint density at radius 2 is 2.11 bits per heavy atom. The maximum absolute atomic E-state index is 12.7. The molecule has 0 aliphatic carbocycles. The van der Waals surface area contributed by atoms with Crippen molar-refractivity contribution in [3.8, 4) is 0 Å². The predicted molar refractivity (Wildman–Crippen MR) is 104 cm³/mol. The zero-order valence-corrected chi connectivity index (χ0v) is 15.6. The lowest BCUT2D eigenvalue weighted by atomic mass is 9.97. The number of carbonyl (C=O) groups is 1. The second-order valence-electron chi connectivity index (χ2n) is 7.07. The summed E-state index contributed by atoms with van der Waals surface area (Å²) < 4.78 is 5.67. The maximum atomic E-state index is 12.7. The second-order valence-corrected chi connectivity index (χ2v) is 7.07. The zero-order chi connectivity index (χ0) is 19.1. The first kappa shape index (κ1) is 17.3. The van der Waals surface area contributed by atoms with Gasteiger partial charge in [0.15, 0.2) is 0 Å². The number of nitrogens with zero attached hydrogens (tertiary/aromatic N) is 2. The SMILES string of the molecule is Cc1n[nH]c(=O)c2c(NC(=O)CN3c4ccccc4CCC3C)oc(C)c12. The molecule has 0 radical (unpaired) electrons. The van der Waals surface area contributed by atoms with Gasteiger partial charge in [-0.05, 0) is 45.2 Å². The van der Waals surface area contributed by atoms with E-state index in [9.17, 15) is 9.59 Å². The average molecular weight is 366 g/mol. The molecule has 1 aliphatic heterocycles.